The lowest BCUT2D eigenvalue weighted by atomic mass is 10.1. The van der Waals surface area contributed by atoms with Crippen molar-refractivity contribution < 1.29 is 19.4 Å². The summed E-state index contributed by atoms with van der Waals surface area (Å²) in [5.74, 6) is -0.135. The van der Waals surface area contributed by atoms with Crippen molar-refractivity contribution in [2.24, 2.45) is 0 Å². The van der Waals surface area contributed by atoms with Gasteiger partial charge in [0, 0.05) is 32.3 Å². The second kappa shape index (κ2) is 8.09. The van der Waals surface area contributed by atoms with Crippen molar-refractivity contribution in [3.8, 4) is 5.75 Å². The van der Waals surface area contributed by atoms with Crippen molar-refractivity contribution in [2.45, 2.75) is 19.4 Å². The van der Waals surface area contributed by atoms with Crippen LogP contribution in [0.15, 0.2) is 36.7 Å². The van der Waals surface area contributed by atoms with Gasteiger partial charge in [-0.15, -0.1) is 0 Å². The molecule has 2 rings (SSSR count). The molecule has 8 nitrogen and oxygen atoms in total. The molecule has 8 heteroatoms. The fourth-order valence-corrected chi connectivity index (χ4v) is 2.03. The number of carboxylic acid groups (broad SMARTS) is 1. The zero-order valence-electron chi connectivity index (χ0n) is 14.3. The lowest BCUT2D eigenvalue weighted by molar-refractivity contribution is -0.137. The summed E-state index contributed by atoms with van der Waals surface area (Å²) < 4.78 is 5.13. The van der Waals surface area contributed by atoms with Crippen LogP contribution in [0.5, 0.6) is 5.75 Å². The molecule has 2 N–H and O–H groups in total. The first-order valence-electron chi connectivity index (χ1n) is 7.61. The van der Waals surface area contributed by atoms with E-state index in [1.165, 1.54) is 11.2 Å². The molecule has 0 saturated carbocycles. The fraction of sp³-hybridized carbons (Fsp3) is 0.294. The molecule has 1 amide bonds. The van der Waals surface area contributed by atoms with E-state index in [9.17, 15) is 14.7 Å². The van der Waals surface area contributed by atoms with Gasteiger partial charge in [0.15, 0.2) is 0 Å². The SMILES string of the molecule is Cc1cc(NC(Cc2ccc(OC(=O)N(C)C)cc2)C(=O)O)ncn1. The highest BCUT2D eigenvalue weighted by molar-refractivity contribution is 5.77. The Morgan fingerprint density at radius 3 is 2.48 bits per heavy atom. The van der Waals surface area contributed by atoms with Crippen LogP contribution in [-0.4, -0.2) is 52.2 Å². The van der Waals surface area contributed by atoms with Gasteiger partial charge in [-0.3, -0.25) is 0 Å². The molecule has 0 aliphatic carbocycles. The predicted octanol–water partition coefficient (Wildman–Crippen LogP) is 1.95. The van der Waals surface area contributed by atoms with Crippen molar-refractivity contribution >= 4 is 17.9 Å². The molecular weight excluding hydrogens is 324 g/mol. The lowest BCUT2D eigenvalue weighted by Gasteiger charge is -2.16. The third-order valence-electron chi connectivity index (χ3n) is 3.36. The van der Waals surface area contributed by atoms with Crippen LogP contribution in [0.3, 0.4) is 0 Å². The van der Waals surface area contributed by atoms with Gasteiger partial charge in [-0.2, -0.15) is 0 Å². The third kappa shape index (κ3) is 5.45. The molecule has 132 valence electrons. The van der Waals surface area contributed by atoms with E-state index in [0.29, 0.717) is 11.6 Å². The Morgan fingerprint density at radius 2 is 1.92 bits per heavy atom. The average molecular weight is 344 g/mol. The number of aromatic nitrogens is 2. The van der Waals surface area contributed by atoms with Crippen LogP contribution in [0, 0.1) is 6.92 Å². The Labute approximate surface area is 145 Å². The molecule has 0 aliphatic heterocycles. The second-order valence-electron chi connectivity index (χ2n) is 5.69. The summed E-state index contributed by atoms with van der Waals surface area (Å²) in [7, 11) is 3.18. The molecule has 0 aliphatic rings. The first kappa shape index (κ1) is 18.2. The van der Waals surface area contributed by atoms with Crippen molar-refractivity contribution in [3.05, 3.63) is 47.9 Å². The van der Waals surface area contributed by atoms with E-state index in [4.69, 9.17) is 4.74 Å². The minimum atomic E-state index is -0.987. The number of hydrogen-bond donors (Lipinski definition) is 2. The van der Waals surface area contributed by atoms with Crippen molar-refractivity contribution in [2.75, 3.05) is 19.4 Å². The summed E-state index contributed by atoms with van der Waals surface area (Å²) in [6, 6.07) is 7.54. The van der Waals surface area contributed by atoms with E-state index in [-0.39, 0.29) is 6.42 Å². The maximum Gasteiger partial charge on any atom is 0.414 e. The molecule has 0 saturated heterocycles. The maximum atomic E-state index is 11.5. The standard InChI is InChI=1S/C17H20N4O4/c1-11-8-15(19-10-18-11)20-14(16(22)23)9-12-4-6-13(7-5-12)25-17(24)21(2)3/h4-8,10,14H,9H2,1-3H3,(H,22,23)(H,18,19,20). The molecule has 25 heavy (non-hydrogen) atoms. The molecule has 1 atom stereocenters. The quantitative estimate of drug-likeness (QED) is 0.825. The highest BCUT2D eigenvalue weighted by Crippen LogP contribution is 2.16. The molecule has 1 aromatic heterocycles. The Kier molecular flexibility index (Phi) is 5.89. The Balaban J connectivity index is 2.04. The number of carbonyl (C=O) groups is 2. The highest BCUT2D eigenvalue weighted by atomic mass is 16.6. The van der Waals surface area contributed by atoms with Gasteiger partial charge in [-0.05, 0) is 24.6 Å². The number of rotatable bonds is 6. The molecule has 0 radical (unpaired) electrons. The molecule has 0 fully saturated rings. The van der Waals surface area contributed by atoms with E-state index in [1.807, 2.05) is 0 Å². The molecule has 0 spiro atoms. The van der Waals surface area contributed by atoms with Gasteiger partial charge in [0.05, 0.1) is 0 Å². The number of amides is 1. The summed E-state index contributed by atoms with van der Waals surface area (Å²) in [4.78, 5) is 32.3. The minimum Gasteiger partial charge on any atom is -0.480 e. The van der Waals surface area contributed by atoms with E-state index < -0.39 is 18.1 Å². The molecular formula is C17H20N4O4. The number of ether oxygens (including phenoxy) is 1. The normalized spacial score (nSPS) is 11.5. The van der Waals surface area contributed by atoms with Gasteiger partial charge in [0.2, 0.25) is 0 Å². The zero-order valence-corrected chi connectivity index (χ0v) is 14.3. The van der Waals surface area contributed by atoms with Crippen LogP contribution in [0.2, 0.25) is 0 Å². The summed E-state index contributed by atoms with van der Waals surface area (Å²) >= 11 is 0. The number of benzene rings is 1. The molecule has 2 aromatic rings. The summed E-state index contributed by atoms with van der Waals surface area (Å²) in [5, 5.41) is 12.3. The third-order valence-corrected chi connectivity index (χ3v) is 3.36. The van der Waals surface area contributed by atoms with Gasteiger partial charge < -0.3 is 20.1 Å². The number of hydrogen-bond acceptors (Lipinski definition) is 6. The van der Waals surface area contributed by atoms with Gasteiger partial charge in [-0.25, -0.2) is 19.6 Å². The number of nitrogens with one attached hydrogen (secondary N) is 1. The van der Waals surface area contributed by atoms with Crippen molar-refractivity contribution in [3.63, 3.8) is 0 Å². The summed E-state index contributed by atoms with van der Waals surface area (Å²) in [6.07, 6.45) is 1.15. The number of carbonyl (C=O) groups excluding carboxylic acids is 1. The van der Waals surface area contributed by atoms with Crippen LogP contribution in [0.4, 0.5) is 10.6 Å². The van der Waals surface area contributed by atoms with E-state index in [1.54, 1.807) is 51.4 Å². The van der Waals surface area contributed by atoms with E-state index in [2.05, 4.69) is 15.3 Å². The average Bonchev–Trinajstić information content (AvgIpc) is 2.55. The number of aryl methyl sites for hydroxylation is 1. The minimum absolute atomic E-state index is 0.250. The largest absolute Gasteiger partial charge is 0.480 e. The monoisotopic (exact) mass is 344 g/mol. The first-order valence-corrected chi connectivity index (χ1v) is 7.61. The maximum absolute atomic E-state index is 11.5. The van der Waals surface area contributed by atoms with Gasteiger partial charge in [0.1, 0.15) is 23.9 Å². The first-order chi connectivity index (χ1) is 11.8. The highest BCUT2D eigenvalue weighted by Gasteiger charge is 2.18. The van der Waals surface area contributed by atoms with Crippen LogP contribution in [0.1, 0.15) is 11.3 Å². The zero-order chi connectivity index (χ0) is 18.4. The van der Waals surface area contributed by atoms with Gasteiger partial charge in [0.25, 0.3) is 0 Å². The molecule has 1 heterocycles. The molecule has 0 bridgehead atoms. The Morgan fingerprint density at radius 1 is 1.24 bits per heavy atom. The van der Waals surface area contributed by atoms with E-state index >= 15 is 0 Å². The van der Waals surface area contributed by atoms with Crippen LogP contribution in [0.25, 0.3) is 0 Å². The fourth-order valence-electron chi connectivity index (χ4n) is 2.03. The lowest BCUT2D eigenvalue weighted by Crippen LogP contribution is -2.32. The van der Waals surface area contributed by atoms with Crippen molar-refractivity contribution in [1.82, 2.24) is 14.9 Å². The number of carboxylic acids is 1. The summed E-state index contributed by atoms with van der Waals surface area (Å²) in [6.45, 7) is 1.80. The second-order valence-corrected chi connectivity index (χ2v) is 5.69. The Bertz CT molecular complexity index is 747. The van der Waals surface area contributed by atoms with E-state index in [0.717, 1.165) is 11.3 Å². The van der Waals surface area contributed by atoms with Crippen LogP contribution in [-0.2, 0) is 11.2 Å². The number of aliphatic carboxylic acids is 1. The number of nitrogens with zero attached hydrogens (tertiary/aromatic N) is 3. The van der Waals surface area contributed by atoms with Crippen molar-refractivity contribution in [1.29, 1.82) is 0 Å². The number of anilines is 1. The smallest absolute Gasteiger partial charge is 0.414 e. The summed E-state index contributed by atoms with van der Waals surface area (Å²) in [5.41, 5.74) is 1.53. The van der Waals surface area contributed by atoms with Crippen LogP contribution >= 0.6 is 0 Å². The molecule has 1 aromatic carbocycles. The van der Waals surface area contributed by atoms with Gasteiger partial charge >= 0.3 is 12.1 Å². The van der Waals surface area contributed by atoms with Gasteiger partial charge in [-0.1, -0.05) is 12.1 Å². The molecule has 1 unspecified atom stereocenters. The Hall–Kier alpha value is -3.16. The predicted molar refractivity (Wildman–Crippen MR) is 91.7 cm³/mol. The van der Waals surface area contributed by atoms with Crippen LogP contribution < -0.4 is 10.1 Å². The topological polar surface area (TPSA) is 105 Å².